The number of carbonyl (C=O) groups is 1. The van der Waals surface area contributed by atoms with E-state index in [1.54, 1.807) is 25.1 Å². The minimum absolute atomic E-state index is 0.116. The van der Waals surface area contributed by atoms with Crippen LogP contribution >= 0.6 is 0 Å². The Morgan fingerprint density at radius 3 is 2.81 bits per heavy atom. The van der Waals surface area contributed by atoms with Crippen LogP contribution in [0.25, 0.3) is 0 Å². The maximum atomic E-state index is 12.3. The van der Waals surface area contributed by atoms with E-state index < -0.39 is 28.1 Å². The Bertz CT molecular complexity index is 983. The molecule has 1 aromatic heterocycles. The van der Waals surface area contributed by atoms with Crippen molar-refractivity contribution in [2.45, 2.75) is 50.7 Å². The summed E-state index contributed by atoms with van der Waals surface area (Å²) >= 11 is 0. The predicted molar refractivity (Wildman–Crippen MR) is 95.6 cm³/mol. The lowest BCUT2D eigenvalue weighted by Crippen LogP contribution is -2.27. The second-order valence-corrected chi connectivity index (χ2v) is 7.78. The van der Waals surface area contributed by atoms with Crippen molar-refractivity contribution in [3.63, 3.8) is 0 Å². The highest BCUT2D eigenvalue weighted by atomic mass is 32.2. The molecule has 2 aromatic rings. The van der Waals surface area contributed by atoms with Crippen molar-refractivity contribution in [2.24, 2.45) is 4.99 Å². The number of aliphatic imine (C=N–C) groups is 1. The summed E-state index contributed by atoms with van der Waals surface area (Å²) in [6.07, 6.45) is 0.818. The largest absolute Gasteiger partial charge is 0.451 e. The first-order valence-electron chi connectivity index (χ1n) is 8.54. The van der Waals surface area contributed by atoms with Crippen LogP contribution in [0.1, 0.15) is 50.6 Å². The number of sulfonamides is 1. The Kier molecular flexibility index (Phi) is 5.26. The summed E-state index contributed by atoms with van der Waals surface area (Å²) in [5.74, 6) is 0.249. The van der Waals surface area contributed by atoms with Gasteiger partial charge in [-0.25, -0.2) is 13.2 Å². The van der Waals surface area contributed by atoms with Gasteiger partial charge in [-0.2, -0.15) is 4.98 Å². The zero-order valence-electron chi connectivity index (χ0n) is 15.2. The molecule has 1 aromatic carbocycles. The molecule has 9 nitrogen and oxygen atoms in total. The van der Waals surface area contributed by atoms with E-state index in [1.807, 2.05) is 6.92 Å². The second-order valence-electron chi connectivity index (χ2n) is 6.13. The van der Waals surface area contributed by atoms with Gasteiger partial charge in [-0.3, -0.25) is 9.71 Å². The molecule has 0 saturated heterocycles. The molecule has 0 amide bonds. The first-order valence-corrected chi connectivity index (χ1v) is 10.0. The Labute approximate surface area is 156 Å². The molecule has 0 fully saturated rings. The fourth-order valence-corrected chi connectivity index (χ4v) is 3.80. The number of hydrogen-bond acceptors (Lipinski definition) is 8. The molecule has 0 spiro atoms. The summed E-state index contributed by atoms with van der Waals surface area (Å²) in [6, 6.07) is 5.51. The fraction of sp³-hybridized carbons (Fsp3) is 0.412. The average molecular weight is 392 g/mol. The molecular formula is C17H20N4O5S. The lowest BCUT2D eigenvalue weighted by Gasteiger charge is -2.12. The van der Waals surface area contributed by atoms with Gasteiger partial charge in [-0.1, -0.05) is 24.2 Å². The van der Waals surface area contributed by atoms with E-state index >= 15 is 0 Å². The molecule has 0 bridgehead atoms. The molecule has 2 atom stereocenters. The van der Waals surface area contributed by atoms with E-state index in [0.717, 1.165) is 6.42 Å². The molecule has 1 N–H and O–H groups in total. The zero-order chi connectivity index (χ0) is 19.6. The number of nitrogens with zero attached hydrogens (tertiary/aromatic N) is 3. The van der Waals surface area contributed by atoms with Crippen LogP contribution in [-0.4, -0.2) is 36.4 Å². The second kappa shape index (κ2) is 7.47. The normalized spacial score (nSPS) is 18.6. The van der Waals surface area contributed by atoms with Crippen LogP contribution in [0.5, 0.6) is 0 Å². The molecule has 27 heavy (non-hydrogen) atoms. The van der Waals surface area contributed by atoms with Crippen molar-refractivity contribution in [1.29, 1.82) is 0 Å². The van der Waals surface area contributed by atoms with Gasteiger partial charge < -0.3 is 9.26 Å². The fourth-order valence-electron chi connectivity index (χ4n) is 2.56. The number of ether oxygens (including phenoxy) is 1. The standard InChI is InChI=1S/C17H20N4O5S/c1-4-7-14-19-16(26-20-14)11(3)25-17(22)10(2)18-15-12-8-5-6-9-13(12)27(23,24)21-15/h5-6,8-11H,4,7H2,1-3H3,(H,18,21)/t10-,11?/m0/s1. The summed E-state index contributed by atoms with van der Waals surface area (Å²) in [5, 5.41) is 3.82. The highest BCUT2D eigenvalue weighted by molar-refractivity contribution is 7.90. The average Bonchev–Trinajstić information content (AvgIpc) is 3.19. The third-order valence-electron chi connectivity index (χ3n) is 3.92. The number of esters is 1. The van der Waals surface area contributed by atoms with Crippen molar-refractivity contribution >= 4 is 21.8 Å². The van der Waals surface area contributed by atoms with Crippen molar-refractivity contribution in [2.75, 3.05) is 0 Å². The number of aromatic nitrogens is 2. The molecule has 2 heterocycles. The Balaban J connectivity index is 1.71. The van der Waals surface area contributed by atoms with Crippen molar-refractivity contribution in [3.8, 4) is 0 Å². The van der Waals surface area contributed by atoms with Crippen LogP contribution in [0.15, 0.2) is 38.7 Å². The van der Waals surface area contributed by atoms with Gasteiger partial charge in [0.15, 0.2) is 11.9 Å². The molecule has 3 rings (SSSR count). The predicted octanol–water partition coefficient (Wildman–Crippen LogP) is 1.75. The van der Waals surface area contributed by atoms with Crippen LogP contribution < -0.4 is 4.72 Å². The van der Waals surface area contributed by atoms with Gasteiger partial charge in [0.05, 0.1) is 4.90 Å². The van der Waals surface area contributed by atoms with E-state index in [4.69, 9.17) is 9.26 Å². The third-order valence-corrected chi connectivity index (χ3v) is 5.32. The van der Waals surface area contributed by atoms with E-state index in [1.165, 1.54) is 13.0 Å². The number of aryl methyl sites for hydroxylation is 1. The summed E-state index contributed by atoms with van der Waals surface area (Å²) < 4.78 is 37.0. The summed E-state index contributed by atoms with van der Waals surface area (Å²) in [4.78, 5) is 20.8. The van der Waals surface area contributed by atoms with E-state index in [0.29, 0.717) is 17.8 Å². The van der Waals surface area contributed by atoms with Crippen LogP contribution in [0.2, 0.25) is 0 Å². The van der Waals surface area contributed by atoms with Crippen molar-refractivity contribution < 1.29 is 22.5 Å². The van der Waals surface area contributed by atoms with Crippen LogP contribution in [0.3, 0.4) is 0 Å². The molecule has 1 unspecified atom stereocenters. The quantitative estimate of drug-likeness (QED) is 0.743. The summed E-state index contributed by atoms with van der Waals surface area (Å²) in [6.45, 7) is 5.14. The summed E-state index contributed by atoms with van der Waals surface area (Å²) in [5.41, 5.74) is 0.423. The molecule has 144 valence electrons. The van der Waals surface area contributed by atoms with Crippen molar-refractivity contribution in [1.82, 2.24) is 14.9 Å². The van der Waals surface area contributed by atoms with Crippen LogP contribution in [-0.2, 0) is 26.0 Å². The van der Waals surface area contributed by atoms with Crippen LogP contribution in [0.4, 0.5) is 0 Å². The third kappa shape index (κ3) is 4.00. The lowest BCUT2D eigenvalue weighted by molar-refractivity contribution is -0.150. The van der Waals surface area contributed by atoms with Gasteiger partial charge in [0, 0.05) is 12.0 Å². The highest BCUT2D eigenvalue weighted by Gasteiger charge is 2.31. The van der Waals surface area contributed by atoms with Gasteiger partial charge in [-0.05, 0) is 32.4 Å². The molecule has 1 aliphatic rings. The van der Waals surface area contributed by atoms with Gasteiger partial charge in [-0.15, -0.1) is 0 Å². The maximum absolute atomic E-state index is 12.3. The zero-order valence-corrected chi connectivity index (χ0v) is 16.0. The highest BCUT2D eigenvalue weighted by Crippen LogP contribution is 2.23. The van der Waals surface area contributed by atoms with Gasteiger partial charge in [0.25, 0.3) is 15.9 Å². The van der Waals surface area contributed by atoms with Crippen molar-refractivity contribution in [3.05, 3.63) is 41.5 Å². The summed E-state index contributed by atoms with van der Waals surface area (Å²) in [7, 11) is -3.66. The van der Waals surface area contributed by atoms with Gasteiger partial charge in [0.2, 0.25) is 0 Å². The monoisotopic (exact) mass is 392 g/mol. The Hall–Kier alpha value is -2.75. The first-order chi connectivity index (χ1) is 12.8. The number of nitrogens with one attached hydrogen (secondary N) is 1. The van der Waals surface area contributed by atoms with Crippen LogP contribution in [0, 0.1) is 0 Å². The molecule has 0 radical (unpaired) electrons. The number of hydrogen-bond donors (Lipinski definition) is 1. The minimum atomic E-state index is -3.66. The van der Waals surface area contributed by atoms with E-state index in [-0.39, 0.29) is 16.6 Å². The molecule has 0 saturated carbocycles. The van der Waals surface area contributed by atoms with Gasteiger partial charge in [0.1, 0.15) is 11.9 Å². The minimum Gasteiger partial charge on any atom is -0.451 e. The molecule has 10 heteroatoms. The van der Waals surface area contributed by atoms with Gasteiger partial charge >= 0.3 is 5.97 Å². The number of carbonyl (C=O) groups excluding carboxylic acids is 1. The smallest absolute Gasteiger partial charge is 0.331 e. The lowest BCUT2D eigenvalue weighted by atomic mass is 10.2. The number of amidine groups is 1. The number of rotatable bonds is 6. The number of benzene rings is 1. The first kappa shape index (κ1) is 19.0. The molecule has 1 aliphatic heterocycles. The maximum Gasteiger partial charge on any atom is 0.331 e. The molecular weight excluding hydrogens is 372 g/mol. The SMILES string of the molecule is CCCc1noc(C(C)OC(=O)[C@H](C)N=C2NS(=O)(=O)c3ccccc32)n1. The molecule has 0 aliphatic carbocycles. The Morgan fingerprint density at radius 2 is 2.07 bits per heavy atom. The van der Waals surface area contributed by atoms with E-state index in [2.05, 4.69) is 19.9 Å². The number of fused-ring (bicyclic) bond motifs is 1. The Morgan fingerprint density at radius 1 is 1.33 bits per heavy atom. The van der Waals surface area contributed by atoms with E-state index in [9.17, 15) is 13.2 Å². The topological polar surface area (TPSA) is 124 Å².